The van der Waals surface area contributed by atoms with Gasteiger partial charge >= 0.3 is 0 Å². The number of nitrogens with two attached hydrogens (primary N) is 1. The molecule has 1 atom stereocenters. The molecule has 74 valence electrons. The van der Waals surface area contributed by atoms with Crippen molar-refractivity contribution in [3.05, 3.63) is 0 Å². The molecule has 4 N–H and O–H groups in total. The van der Waals surface area contributed by atoms with Crippen LogP contribution in [0.25, 0.3) is 0 Å². The molecule has 1 unspecified atom stereocenters. The number of rotatable bonds is 5. The van der Waals surface area contributed by atoms with Crippen LogP contribution < -0.4 is 11.1 Å². The lowest BCUT2D eigenvalue weighted by molar-refractivity contribution is -0.115. The van der Waals surface area contributed by atoms with Crippen molar-refractivity contribution in [2.75, 3.05) is 0 Å². The number of hydrogen-bond donors (Lipinski definition) is 3. The van der Waals surface area contributed by atoms with Crippen LogP contribution in [0.3, 0.4) is 0 Å². The molecule has 4 nitrogen and oxygen atoms in total. The highest BCUT2D eigenvalue weighted by atomic mass is 16.2. The van der Waals surface area contributed by atoms with E-state index in [0.717, 1.165) is 19.3 Å². The summed E-state index contributed by atoms with van der Waals surface area (Å²) in [6, 6.07) is -0.0922. The Morgan fingerprint density at radius 2 is 2.31 bits per heavy atom. The Hall–Kier alpha value is -0.900. The largest absolute Gasteiger partial charge is 0.348 e. The van der Waals surface area contributed by atoms with Crippen molar-refractivity contribution in [2.24, 2.45) is 5.73 Å². The molecule has 1 amide bonds. The third-order valence-electron chi connectivity index (χ3n) is 2.13. The van der Waals surface area contributed by atoms with Gasteiger partial charge in [0.2, 0.25) is 0 Å². The first kappa shape index (κ1) is 10.2. The van der Waals surface area contributed by atoms with Gasteiger partial charge in [-0.1, -0.05) is 13.3 Å². The van der Waals surface area contributed by atoms with Gasteiger partial charge < -0.3 is 11.1 Å². The minimum Gasteiger partial charge on any atom is -0.348 e. The van der Waals surface area contributed by atoms with E-state index in [1.165, 1.54) is 0 Å². The summed E-state index contributed by atoms with van der Waals surface area (Å²) in [7, 11) is 0. The molecule has 4 heteroatoms. The minimum atomic E-state index is -0.399. The third-order valence-corrected chi connectivity index (χ3v) is 2.13. The van der Waals surface area contributed by atoms with E-state index < -0.39 is 6.04 Å². The molecule has 0 radical (unpaired) electrons. The highest BCUT2D eigenvalue weighted by Gasteiger charge is 2.26. The van der Waals surface area contributed by atoms with Crippen LogP contribution >= 0.6 is 0 Å². The van der Waals surface area contributed by atoms with Crippen molar-refractivity contribution in [3.8, 4) is 0 Å². The van der Waals surface area contributed by atoms with Crippen molar-refractivity contribution in [3.63, 3.8) is 0 Å². The molecular weight excluding hydrogens is 166 g/mol. The molecule has 1 aliphatic carbocycles. The summed E-state index contributed by atoms with van der Waals surface area (Å²) in [5, 5.41) is 10.2. The highest BCUT2D eigenvalue weighted by Crippen LogP contribution is 2.18. The van der Waals surface area contributed by atoms with Crippen LogP contribution in [-0.4, -0.2) is 23.7 Å². The lowest BCUT2D eigenvalue weighted by atomic mass is 10.1. The molecule has 1 aliphatic rings. The SMILES string of the molecule is CCCC(N)C(=N)C(=O)NC1CC1. The van der Waals surface area contributed by atoms with Gasteiger partial charge in [0.1, 0.15) is 5.71 Å². The third kappa shape index (κ3) is 3.14. The van der Waals surface area contributed by atoms with E-state index in [-0.39, 0.29) is 11.6 Å². The van der Waals surface area contributed by atoms with Crippen molar-refractivity contribution in [2.45, 2.75) is 44.7 Å². The van der Waals surface area contributed by atoms with Crippen molar-refractivity contribution in [1.82, 2.24) is 5.32 Å². The maximum atomic E-state index is 11.3. The van der Waals surface area contributed by atoms with Crippen molar-refractivity contribution in [1.29, 1.82) is 5.41 Å². The van der Waals surface area contributed by atoms with E-state index >= 15 is 0 Å². The van der Waals surface area contributed by atoms with Crippen LogP contribution in [0.5, 0.6) is 0 Å². The fourth-order valence-electron chi connectivity index (χ4n) is 1.11. The molecule has 13 heavy (non-hydrogen) atoms. The van der Waals surface area contributed by atoms with Crippen molar-refractivity contribution < 1.29 is 4.79 Å². The molecule has 0 aromatic heterocycles. The Kier molecular flexibility index (Phi) is 3.42. The summed E-state index contributed by atoms with van der Waals surface area (Å²) in [5.74, 6) is -0.288. The average molecular weight is 183 g/mol. The summed E-state index contributed by atoms with van der Waals surface area (Å²) >= 11 is 0. The van der Waals surface area contributed by atoms with Gasteiger partial charge in [0.05, 0.1) is 6.04 Å². The van der Waals surface area contributed by atoms with Gasteiger partial charge in [0, 0.05) is 6.04 Å². The van der Waals surface area contributed by atoms with Crippen molar-refractivity contribution >= 4 is 11.6 Å². The van der Waals surface area contributed by atoms with E-state index in [1.807, 2.05) is 6.92 Å². The Balaban J connectivity index is 2.31. The van der Waals surface area contributed by atoms with E-state index in [4.69, 9.17) is 11.1 Å². The Morgan fingerprint density at radius 1 is 1.69 bits per heavy atom. The van der Waals surface area contributed by atoms with Gasteiger partial charge in [-0.25, -0.2) is 0 Å². The maximum Gasteiger partial charge on any atom is 0.266 e. The quantitative estimate of drug-likeness (QED) is 0.540. The molecule has 0 aromatic rings. The Bertz CT molecular complexity index is 211. The Morgan fingerprint density at radius 3 is 2.77 bits per heavy atom. The van der Waals surface area contributed by atoms with Crippen LogP contribution in [0.15, 0.2) is 0 Å². The van der Waals surface area contributed by atoms with Crippen LogP contribution in [0.2, 0.25) is 0 Å². The summed E-state index contributed by atoms with van der Waals surface area (Å²) in [4.78, 5) is 11.3. The second-order valence-corrected chi connectivity index (χ2v) is 3.56. The molecule has 1 rings (SSSR count). The molecule has 0 saturated heterocycles. The lowest BCUT2D eigenvalue weighted by Crippen LogP contribution is -2.42. The Labute approximate surface area is 78.4 Å². The second-order valence-electron chi connectivity index (χ2n) is 3.56. The second kappa shape index (κ2) is 4.37. The van der Waals surface area contributed by atoms with E-state index in [1.54, 1.807) is 0 Å². The predicted octanol–water partition coefficient (Wildman–Crippen LogP) is 0.412. The van der Waals surface area contributed by atoms with Gasteiger partial charge in [0.25, 0.3) is 5.91 Å². The first-order valence-corrected chi connectivity index (χ1v) is 4.80. The van der Waals surface area contributed by atoms with Gasteiger partial charge in [-0.05, 0) is 19.3 Å². The smallest absolute Gasteiger partial charge is 0.266 e. The molecule has 0 heterocycles. The summed E-state index contributed by atoms with van der Waals surface area (Å²) in [5.41, 5.74) is 5.66. The van der Waals surface area contributed by atoms with Gasteiger partial charge in [-0.15, -0.1) is 0 Å². The lowest BCUT2D eigenvalue weighted by Gasteiger charge is -2.11. The zero-order valence-corrected chi connectivity index (χ0v) is 7.97. The molecule has 0 bridgehead atoms. The normalized spacial score (nSPS) is 18.0. The summed E-state index contributed by atoms with van der Waals surface area (Å²) < 4.78 is 0. The predicted molar refractivity (Wildman–Crippen MR) is 51.8 cm³/mol. The van der Waals surface area contributed by atoms with E-state index in [0.29, 0.717) is 12.5 Å². The van der Waals surface area contributed by atoms with Gasteiger partial charge in [-0.3, -0.25) is 10.2 Å². The molecule has 1 fully saturated rings. The topological polar surface area (TPSA) is 79.0 Å². The molecule has 0 aliphatic heterocycles. The number of carbonyl (C=O) groups is 1. The fourth-order valence-corrected chi connectivity index (χ4v) is 1.11. The number of amides is 1. The fraction of sp³-hybridized carbons (Fsp3) is 0.778. The number of hydrogen-bond acceptors (Lipinski definition) is 3. The molecule has 0 aromatic carbocycles. The first-order chi connectivity index (χ1) is 6.15. The van der Waals surface area contributed by atoms with Crippen LogP contribution in [0, 0.1) is 5.41 Å². The standard InChI is InChI=1S/C9H17N3O/c1-2-3-7(10)8(11)9(13)12-6-4-5-6/h6-7,11H,2-5,10H2,1H3,(H,12,13). The molecule has 1 saturated carbocycles. The van der Waals surface area contributed by atoms with E-state index in [9.17, 15) is 4.79 Å². The zero-order valence-electron chi connectivity index (χ0n) is 7.97. The molecular formula is C9H17N3O. The van der Waals surface area contributed by atoms with Gasteiger partial charge in [0.15, 0.2) is 0 Å². The molecule has 0 spiro atoms. The summed E-state index contributed by atoms with van der Waals surface area (Å²) in [6.07, 6.45) is 3.70. The monoisotopic (exact) mass is 183 g/mol. The zero-order chi connectivity index (χ0) is 9.84. The number of nitrogens with one attached hydrogen (secondary N) is 2. The van der Waals surface area contributed by atoms with E-state index in [2.05, 4.69) is 5.32 Å². The first-order valence-electron chi connectivity index (χ1n) is 4.80. The minimum absolute atomic E-state index is 0.0220. The van der Waals surface area contributed by atoms with Crippen LogP contribution in [-0.2, 0) is 4.79 Å². The maximum absolute atomic E-state index is 11.3. The van der Waals surface area contributed by atoms with Crippen LogP contribution in [0.1, 0.15) is 32.6 Å². The number of carbonyl (C=O) groups excluding carboxylic acids is 1. The van der Waals surface area contributed by atoms with Gasteiger partial charge in [-0.2, -0.15) is 0 Å². The average Bonchev–Trinajstić information content (AvgIpc) is 2.87. The summed E-state index contributed by atoms with van der Waals surface area (Å²) in [6.45, 7) is 1.99. The highest BCUT2D eigenvalue weighted by molar-refractivity contribution is 6.39. The van der Waals surface area contributed by atoms with Crippen LogP contribution in [0.4, 0.5) is 0 Å².